The summed E-state index contributed by atoms with van der Waals surface area (Å²) in [4.78, 5) is 0. The van der Waals surface area contributed by atoms with E-state index in [2.05, 4.69) is 0 Å². The van der Waals surface area contributed by atoms with E-state index in [4.69, 9.17) is 5.84 Å². The van der Waals surface area contributed by atoms with Crippen molar-refractivity contribution in [2.24, 2.45) is 5.84 Å². The van der Waals surface area contributed by atoms with Gasteiger partial charge in [0.25, 0.3) is 6.08 Å². The zero-order valence-corrected chi connectivity index (χ0v) is 5.61. The molecule has 1 aliphatic heterocycles. The van der Waals surface area contributed by atoms with Gasteiger partial charge in [-0.25, -0.2) is 5.01 Å². The van der Waals surface area contributed by atoms with Crippen LogP contribution in [-0.4, -0.2) is 18.1 Å². The van der Waals surface area contributed by atoms with Crippen LogP contribution in [0.5, 0.6) is 0 Å². The molecule has 2 nitrogen and oxygen atoms in total. The zero-order chi connectivity index (χ0) is 7.56. The van der Waals surface area contributed by atoms with Gasteiger partial charge in [0.2, 0.25) is 0 Å². The summed E-state index contributed by atoms with van der Waals surface area (Å²) in [7, 11) is 0. The molecule has 0 atom stereocenters. The van der Waals surface area contributed by atoms with Gasteiger partial charge in [0, 0.05) is 13.1 Å². The van der Waals surface area contributed by atoms with Crippen molar-refractivity contribution < 1.29 is 8.78 Å². The van der Waals surface area contributed by atoms with Crippen molar-refractivity contribution in [3.63, 3.8) is 0 Å². The summed E-state index contributed by atoms with van der Waals surface area (Å²) in [6.07, 6.45) is -0.689. The monoisotopic (exact) mass is 148 g/mol. The smallest absolute Gasteiger partial charge is 0.269 e. The van der Waals surface area contributed by atoms with Gasteiger partial charge in [-0.2, -0.15) is 8.78 Å². The molecule has 0 amide bonds. The van der Waals surface area contributed by atoms with Gasteiger partial charge >= 0.3 is 0 Å². The average molecular weight is 148 g/mol. The van der Waals surface area contributed by atoms with E-state index in [9.17, 15) is 8.78 Å². The molecule has 0 unspecified atom stereocenters. The van der Waals surface area contributed by atoms with E-state index < -0.39 is 6.08 Å². The van der Waals surface area contributed by atoms with Crippen LogP contribution < -0.4 is 5.84 Å². The molecule has 1 fully saturated rings. The quantitative estimate of drug-likeness (QED) is 0.521. The first-order valence-electron chi connectivity index (χ1n) is 3.23. The topological polar surface area (TPSA) is 29.3 Å². The maximum Gasteiger partial charge on any atom is 0.269 e. The molecule has 58 valence electrons. The fourth-order valence-corrected chi connectivity index (χ4v) is 0.983. The van der Waals surface area contributed by atoms with Gasteiger partial charge in [0.15, 0.2) is 0 Å². The van der Waals surface area contributed by atoms with Crippen molar-refractivity contribution >= 4 is 0 Å². The van der Waals surface area contributed by atoms with Crippen molar-refractivity contribution in [3.05, 3.63) is 11.7 Å². The SMILES string of the molecule is NN1CCC(=C(F)F)CC1. The molecular weight excluding hydrogens is 138 g/mol. The highest BCUT2D eigenvalue weighted by Crippen LogP contribution is 2.19. The lowest BCUT2D eigenvalue weighted by molar-refractivity contribution is 0.254. The average Bonchev–Trinajstić information content (AvgIpc) is 1.88. The number of hydrogen-bond donors (Lipinski definition) is 1. The second kappa shape index (κ2) is 3.07. The second-order valence-corrected chi connectivity index (χ2v) is 2.40. The maximum atomic E-state index is 11.9. The van der Waals surface area contributed by atoms with Crippen LogP contribution in [0.1, 0.15) is 12.8 Å². The summed E-state index contributed by atoms with van der Waals surface area (Å²) in [5.74, 6) is 5.36. The highest BCUT2D eigenvalue weighted by molar-refractivity contribution is 5.05. The summed E-state index contributed by atoms with van der Waals surface area (Å²) in [5.41, 5.74) is 0.265. The van der Waals surface area contributed by atoms with Crippen LogP contribution in [0.4, 0.5) is 8.78 Å². The van der Waals surface area contributed by atoms with E-state index in [0.717, 1.165) is 0 Å². The van der Waals surface area contributed by atoms with Gasteiger partial charge in [-0.3, -0.25) is 5.84 Å². The summed E-state index contributed by atoms with van der Waals surface area (Å²) < 4.78 is 23.7. The molecule has 0 saturated carbocycles. The first kappa shape index (κ1) is 7.63. The van der Waals surface area contributed by atoms with Crippen LogP contribution in [0, 0.1) is 0 Å². The van der Waals surface area contributed by atoms with Crippen LogP contribution in [0.15, 0.2) is 11.7 Å². The van der Waals surface area contributed by atoms with Gasteiger partial charge in [-0.05, 0) is 18.4 Å². The Balaban J connectivity index is 2.48. The van der Waals surface area contributed by atoms with Crippen LogP contribution in [0.2, 0.25) is 0 Å². The number of rotatable bonds is 0. The summed E-state index contributed by atoms with van der Waals surface area (Å²) in [5, 5.41) is 1.56. The van der Waals surface area contributed by atoms with Crippen LogP contribution in [0.25, 0.3) is 0 Å². The predicted molar refractivity (Wildman–Crippen MR) is 34.2 cm³/mol. The Kier molecular flexibility index (Phi) is 2.34. The van der Waals surface area contributed by atoms with Crippen LogP contribution in [0.3, 0.4) is 0 Å². The lowest BCUT2D eigenvalue weighted by atomic mass is 10.1. The summed E-state index contributed by atoms with van der Waals surface area (Å²) in [6.45, 7) is 1.10. The van der Waals surface area contributed by atoms with Crippen molar-refractivity contribution in [1.82, 2.24) is 5.01 Å². The molecule has 0 aromatic heterocycles. The largest absolute Gasteiger partial charge is 0.269 e. The lowest BCUT2D eigenvalue weighted by Gasteiger charge is -2.22. The third-order valence-electron chi connectivity index (χ3n) is 1.67. The van der Waals surface area contributed by atoms with E-state index in [1.165, 1.54) is 0 Å². The molecular formula is C6H10F2N2. The molecule has 0 spiro atoms. The molecule has 1 rings (SSSR count). The molecule has 10 heavy (non-hydrogen) atoms. The molecule has 4 heteroatoms. The normalized spacial score (nSPS) is 21.3. The number of nitrogens with zero attached hydrogens (tertiary/aromatic N) is 1. The molecule has 0 aromatic carbocycles. The summed E-state index contributed by atoms with van der Waals surface area (Å²) >= 11 is 0. The van der Waals surface area contributed by atoms with Crippen molar-refractivity contribution in [3.8, 4) is 0 Å². The first-order valence-corrected chi connectivity index (χ1v) is 3.23. The molecule has 1 heterocycles. The highest BCUT2D eigenvalue weighted by atomic mass is 19.3. The molecule has 0 aliphatic carbocycles. The third kappa shape index (κ3) is 1.75. The Morgan fingerprint density at radius 1 is 1.30 bits per heavy atom. The molecule has 0 bridgehead atoms. The molecule has 1 saturated heterocycles. The van der Waals surface area contributed by atoms with E-state index in [0.29, 0.717) is 25.9 Å². The molecule has 0 radical (unpaired) electrons. The Morgan fingerprint density at radius 3 is 2.20 bits per heavy atom. The fraction of sp³-hybridized carbons (Fsp3) is 0.667. The zero-order valence-electron chi connectivity index (χ0n) is 5.61. The standard InChI is InChI=1S/C6H10F2N2/c7-6(8)5-1-3-10(9)4-2-5/h1-4,9H2. The van der Waals surface area contributed by atoms with Crippen molar-refractivity contribution in [2.75, 3.05) is 13.1 Å². The van der Waals surface area contributed by atoms with Gasteiger partial charge in [-0.1, -0.05) is 0 Å². The van der Waals surface area contributed by atoms with Gasteiger partial charge < -0.3 is 0 Å². The molecule has 0 aromatic rings. The Labute approximate surface area is 58.3 Å². The first-order chi connectivity index (χ1) is 4.70. The van der Waals surface area contributed by atoms with E-state index in [-0.39, 0.29) is 5.57 Å². The van der Waals surface area contributed by atoms with Crippen molar-refractivity contribution in [1.29, 1.82) is 0 Å². The Morgan fingerprint density at radius 2 is 1.80 bits per heavy atom. The van der Waals surface area contributed by atoms with E-state index in [1.807, 2.05) is 0 Å². The predicted octanol–water partition coefficient (Wildman–Crippen LogP) is 1.11. The number of hydrogen-bond acceptors (Lipinski definition) is 2. The number of piperidine rings is 1. The highest BCUT2D eigenvalue weighted by Gasteiger charge is 2.14. The maximum absolute atomic E-state index is 11.9. The minimum absolute atomic E-state index is 0.265. The van der Waals surface area contributed by atoms with E-state index in [1.54, 1.807) is 5.01 Å². The Bertz CT molecular complexity index is 142. The van der Waals surface area contributed by atoms with Gasteiger partial charge in [0.1, 0.15) is 0 Å². The minimum Gasteiger partial charge on any atom is -0.269 e. The van der Waals surface area contributed by atoms with E-state index >= 15 is 0 Å². The van der Waals surface area contributed by atoms with Gasteiger partial charge in [0.05, 0.1) is 0 Å². The lowest BCUT2D eigenvalue weighted by Crippen LogP contribution is -2.36. The fourth-order valence-electron chi connectivity index (χ4n) is 0.983. The summed E-state index contributed by atoms with van der Waals surface area (Å²) in [6, 6.07) is 0. The second-order valence-electron chi connectivity index (χ2n) is 2.40. The number of hydrazine groups is 1. The number of nitrogens with two attached hydrogens (primary N) is 1. The Hall–Kier alpha value is -0.480. The van der Waals surface area contributed by atoms with Crippen LogP contribution in [-0.2, 0) is 0 Å². The van der Waals surface area contributed by atoms with Gasteiger partial charge in [-0.15, -0.1) is 0 Å². The third-order valence-corrected chi connectivity index (χ3v) is 1.67. The molecule has 2 N–H and O–H groups in total. The minimum atomic E-state index is -1.52. The van der Waals surface area contributed by atoms with Crippen LogP contribution >= 0.6 is 0 Å². The van der Waals surface area contributed by atoms with Crippen molar-refractivity contribution in [2.45, 2.75) is 12.8 Å². The molecule has 1 aliphatic rings. The number of halogens is 2.